The number of hydrogen-bond acceptors (Lipinski definition) is 15. The van der Waals surface area contributed by atoms with Crippen molar-refractivity contribution in [2.45, 2.75) is 229 Å². The maximum absolute atomic E-state index is 12.9. The average molecular weight is 823 g/mol. The summed E-state index contributed by atoms with van der Waals surface area (Å²) in [5, 5.41) is 71.7. The van der Waals surface area contributed by atoms with Crippen LogP contribution in [-0.4, -0.2) is 142 Å². The van der Waals surface area contributed by atoms with E-state index in [9.17, 15) is 45.3 Å². The lowest BCUT2D eigenvalue weighted by Gasteiger charge is -2.42. The van der Waals surface area contributed by atoms with Crippen LogP contribution in [0.15, 0.2) is 0 Å². The highest BCUT2D eigenvalue weighted by Gasteiger charge is 2.47. The van der Waals surface area contributed by atoms with E-state index in [0.29, 0.717) is 12.8 Å². The van der Waals surface area contributed by atoms with Crippen LogP contribution in [0.5, 0.6) is 0 Å². The van der Waals surface area contributed by atoms with Gasteiger partial charge in [0.1, 0.15) is 55.4 Å². The summed E-state index contributed by atoms with van der Waals surface area (Å²) in [6.07, 6.45) is 7.47. The van der Waals surface area contributed by atoms with E-state index in [2.05, 4.69) is 13.8 Å². The van der Waals surface area contributed by atoms with Gasteiger partial charge in [0.25, 0.3) is 0 Å². The summed E-state index contributed by atoms with van der Waals surface area (Å²) < 4.78 is 33.3. The molecular formula is C42H78O15. The van der Waals surface area contributed by atoms with Crippen LogP contribution in [0.1, 0.15) is 162 Å². The topological polar surface area (TPSA) is 231 Å². The highest BCUT2D eigenvalue weighted by Crippen LogP contribution is 2.26. The molecule has 2 aliphatic heterocycles. The van der Waals surface area contributed by atoms with Crippen LogP contribution >= 0.6 is 0 Å². The zero-order valence-corrected chi connectivity index (χ0v) is 34.8. The van der Waals surface area contributed by atoms with Crippen LogP contribution in [-0.2, 0) is 38.0 Å². The van der Waals surface area contributed by atoms with Crippen molar-refractivity contribution >= 4 is 11.9 Å². The molecule has 2 aliphatic rings. The van der Waals surface area contributed by atoms with Gasteiger partial charge in [-0.25, -0.2) is 0 Å². The van der Waals surface area contributed by atoms with Gasteiger partial charge in [-0.1, -0.05) is 136 Å². The van der Waals surface area contributed by atoms with E-state index in [1.807, 2.05) is 0 Å². The van der Waals surface area contributed by atoms with Gasteiger partial charge in [0.15, 0.2) is 18.7 Å². The smallest absolute Gasteiger partial charge is 0.306 e. The Morgan fingerprint density at radius 2 is 0.895 bits per heavy atom. The molecule has 15 nitrogen and oxygen atoms in total. The number of unbranched alkanes of at least 4 members (excludes halogenated alkanes) is 19. The molecule has 0 aromatic rings. The number of aliphatic hydroxyl groups is 7. The van der Waals surface area contributed by atoms with Crippen LogP contribution < -0.4 is 0 Å². The molecule has 2 rings (SSSR count). The van der Waals surface area contributed by atoms with Gasteiger partial charge in [-0.3, -0.25) is 9.59 Å². The summed E-state index contributed by atoms with van der Waals surface area (Å²) in [5.74, 6) is -0.925. The Morgan fingerprint density at radius 1 is 0.491 bits per heavy atom. The van der Waals surface area contributed by atoms with E-state index < -0.39 is 92.7 Å². The Bertz CT molecular complexity index is 1020. The highest BCUT2D eigenvalue weighted by molar-refractivity contribution is 5.70. The predicted octanol–water partition coefficient (Wildman–Crippen LogP) is 4.09. The first-order valence-corrected chi connectivity index (χ1v) is 22.1. The van der Waals surface area contributed by atoms with E-state index in [1.165, 1.54) is 77.0 Å². The summed E-state index contributed by atoms with van der Waals surface area (Å²) >= 11 is 0. The standard InChI is InChI=1S/C42H78O15/c1-3-5-7-9-11-12-13-14-15-16-17-19-21-23-25-34(45)55-30(27-52-33(44)24-22-20-18-10-8-6-4-2)28-53-41-40(51)38(49)36(47)32(57-41)29-54-42-39(50)37(48)35(46)31(26-43)56-42/h30-32,35-43,46-51H,3-29H2,1-2H3/t30-,31-,32-,35+,36+,37?,38?,39?,40?,41-,42-/m1/s1. The zero-order chi connectivity index (χ0) is 41.8. The number of carbonyl (C=O) groups is 2. The Labute approximate surface area is 340 Å². The largest absolute Gasteiger partial charge is 0.462 e. The molecule has 15 heteroatoms. The molecule has 57 heavy (non-hydrogen) atoms. The summed E-state index contributed by atoms with van der Waals surface area (Å²) in [5.41, 5.74) is 0. The lowest BCUT2D eigenvalue weighted by atomic mass is 9.98. The van der Waals surface area contributed by atoms with E-state index in [4.69, 9.17) is 28.4 Å². The van der Waals surface area contributed by atoms with Gasteiger partial charge in [0.2, 0.25) is 0 Å². The molecule has 2 saturated heterocycles. The van der Waals surface area contributed by atoms with Gasteiger partial charge in [-0.2, -0.15) is 0 Å². The minimum absolute atomic E-state index is 0.172. The molecule has 0 radical (unpaired) electrons. The van der Waals surface area contributed by atoms with Gasteiger partial charge >= 0.3 is 11.9 Å². The maximum Gasteiger partial charge on any atom is 0.306 e. The van der Waals surface area contributed by atoms with Crippen molar-refractivity contribution < 1.29 is 73.8 Å². The van der Waals surface area contributed by atoms with Crippen molar-refractivity contribution in [1.29, 1.82) is 0 Å². The first-order chi connectivity index (χ1) is 27.5. The third kappa shape index (κ3) is 21.0. The predicted molar refractivity (Wildman–Crippen MR) is 211 cm³/mol. The summed E-state index contributed by atoms with van der Waals surface area (Å²) in [6.45, 7) is 2.53. The Hall–Kier alpha value is -1.50. The van der Waals surface area contributed by atoms with Crippen molar-refractivity contribution in [2.75, 3.05) is 26.4 Å². The van der Waals surface area contributed by atoms with E-state index in [-0.39, 0.29) is 26.1 Å². The molecule has 0 aliphatic carbocycles. The van der Waals surface area contributed by atoms with E-state index in [0.717, 1.165) is 44.9 Å². The molecule has 0 aromatic carbocycles. The first-order valence-electron chi connectivity index (χ1n) is 22.1. The van der Waals surface area contributed by atoms with Crippen LogP contribution in [0.4, 0.5) is 0 Å². The molecule has 0 amide bonds. The number of esters is 2. The third-order valence-corrected chi connectivity index (χ3v) is 10.8. The average Bonchev–Trinajstić information content (AvgIpc) is 3.20. The molecule has 7 N–H and O–H groups in total. The van der Waals surface area contributed by atoms with Gasteiger partial charge in [-0.05, 0) is 12.8 Å². The molecule has 0 bridgehead atoms. The van der Waals surface area contributed by atoms with Gasteiger partial charge in [0.05, 0.1) is 19.8 Å². The first kappa shape index (κ1) is 51.6. The minimum atomic E-state index is -1.76. The number of hydrogen-bond donors (Lipinski definition) is 7. The van der Waals surface area contributed by atoms with E-state index in [1.54, 1.807) is 0 Å². The molecular weight excluding hydrogens is 744 g/mol. The summed E-state index contributed by atoms with van der Waals surface area (Å²) in [4.78, 5) is 25.4. The van der Waals surface area contributed by atoms with Crippen molar-refractivity contribution in [3.8, 4) is 0 Å². The second-order valence-corrected chi connectivity index (χ2v) is 15.9. The monoisotopic (exact) mass is 823 g/mol. The van der Waals surface area contributed by atoms with Crippen LogP contribution in [0.3, 0.4) is 0 Å². The Kier molecular flexibility index (Phi) is 28.4. The fourth-order valence-electron chi connectivity index (χ4n) is 7.10. The molecule has 0 spiro atoms. The van der Waals surface area contributed by atoms with Crippen LogP contribution in [0.2, 0.25) is 0 Å². The molecule has 11 atom stereocenters. The third-order valence-electron chi connectivity index (χ3n) is 10.8. The lowest BCUT2D eigenvalue weighted by molar-refractivity contribution is -0.332. The second kappa shape index (κ2) is 31.4. The lowest BCUT2D eigenvalue weighted by Crippen LogP contribution is -2.61. The maximum atomic E-state index is 12.9. The fourth-order valence-corrected chi connectivity index (χ4v) is 7.10. The van der Waals surface area contributed by atoms with E-state index >= 15 is 0 Å². The number of aliphatic hydroxyl groups excluding tert-OH is 7. The molecule has 2 fully saturated rings. The number of rotatable bonds is 33. The summed E-state index contributed by atoms with van der Waals surface area (Å²) in [6, 6.07) is 0. The Morgan fingerprint density at radius 3 is 1.37 bits per heavy atom. The minimum Gasteiger partial charge on any atom is -0.462 e. The Balaban J connectivity index is 1.85. The van der Waals surface area contributed by atoms with Crippen molar-refractivity contribution in [3.63, 3.8) is 0 Å². The number of carbonyl (C=O) groups excluding carboxylic acids is 2. The molecule has 4 unspecified atom stereocenters. The molecule has 2 heterocycles. The SMILES string of the molecule is CCCCCCCCCCCCCCCCC(=O)O[C@H](COC(=O)CCCCCCCCC)CO[C@@H]1O[C@H](CO[C@@H]2O[C@H](CO)[C@H](O)C(O)C2O)[C@H](O)C(O)C1O. The summed E-state index contributed by atoms with van der Waals surface area (Å²) in [7, 11) is 0. The quantitative estimate of drug-likeness (QED) is 0.0365. The van der Waals surface area contributed by atoms with Crippen molar-refractivity contribution in [1.82, 2.24) is 0 Å². The normalized spacial score (nSPS) is 28.3. The van der Waals surface area contributed by atoms with Gasteiger partial charge < -0.3 is 64.2 Å². The molecule has 0 aromatic heterocycles. The van der Waals surface area contributed by atoms with Gasteiger partial charge in [0, 0.05) is 12.8 Å². The highest BCUT2D eigenvalue weighted by atomic mass is 16.7. The van der Waals surface area contributed by atoms with Crippen molar-refractivity contribution in [3.05, 3.63) is 0 Å². The fraction of sp³-hybridized carbons (Fsp3) is 0.952. The zero-order valence-electron chi connectivity index (χ0n) is 34.8. The molecule has 336 valence electrons. The molecule has 0 saturated carbocycles. The second-order valence-electron chi connectivity index (χ2n) is 15.9. The van der Waals surface area contributed by atoms with Crippen LogP contribution in [0, 0.1) is 0 Å². The van der Waals surface area contributed by atoms with Crippen LogP contribution in [0.25, 0.3) is 0 Å². The van der Waals surface area contributed by atoms with Gasteiger partial charge in [-0.15, -0.1) is 0 Å². The number of ether oxygens (including phenoxy) is 6. The van der Waals surface area contributed by atoms with Crippen molar-refractivity contribution in [2.24, 2.45) is 0 Å².